The van der Waals surface area contributed by atoms with Gasteiger partial charge in [-0.05, 0) is 105 Å². The zero-order valence-electron chi connectivity index (χ0n) is 42.8. The lowest BCUT2D eigenvalue weighted by molar-refractivity contribution is -0.377. The average molecular weight is 1040 g/mol. The molecule has 0 amide bonds. The van der Waals surface area contributed by atoms with Gasteiger partial charge in [0, 0.05) is 5.92 Å². The molecule has 5 aliphatic carbocycles. The molecule has 0 bridgehead atoms. The summed E-state index contributed by atoms with van der Waals surface area (Å²) in [6, 6.07) is 0. The summed E-state index contributed by atoms with van der Waals surface area (Å²) >= 11 is 0. The first-order chi connectivity index (χ1) is 34.3. The molecule has 21 heteroatoms. The predicted molar refractivity (Wildman–Crippen MR) is 251 cm³/mol. The Kier molecular flexibility index (Phi) is 15.7. The maximum atomic E-state index is 14.6. The van der Waals surface area contributed by atoms with Gasteiger partial charge in [0.05, 0.1) is 37.4 Å². The van der Waals surface area contributed by atoms with Crippen molar-refractivity contribution in [3.8, 4) is 0 Å². The van der Waals surface area contributed by atoms with Crippen LogP contribution < -0.4 is 0 Å². The van der Waals surface area contributed by atoms with E-state index in [9.17, 15) is 66.1 Å². The Hall–Kier alpha value is -1.81. The van der Waals surface area contributed by atoms with E-state index in [2.05, 4.69) is 47.3 Å². The number of rotatable bonds is 10. The van der Waals surface area contributed by atoms with E-state index >= 15 is 0 Å². The van der Waals surface area contributed by atoms with Gasteiger partial charge in [-0.15, -0.1) is 0 Å². The predicted octanol–water partition coefficient (Wildman–Crippen LogP) is -0.839. The first-order valence-corrected chi connectivity index (χ1v) is 26.4. The first-order valence-electron chi connectivity index (χ1n) is 26.4. The lowest BCUT2D eigenvalue weighted by Gasteiger charge is -2.71. The summed E-state index contributed by atoms with van der Waals surface area (Å²) in [6.07, 6.45) is -20.4. The highest BCUT2D eigenvalue weighted by Gasteiger charge is 2.70. The van der Waals surface area contributed by atoms with Crippen molar-refractivity contribution in [2.45, 2.75) is 229 Å². The molecular weight excluding hydrogens is 961 g/mol. The van der Waals surface area contributed by atoms with E-state index in [1.165, 1.54) is 12.5 Å². The van der Waals surface area contributed by atoms with Crippen molar-refractivity contribution in [1.29, 1.82) is 0 Å². The maximum absolute atomic E-state index is 14.6. The molecule has 416 valence electrons. The van der Waals surface area contributed by atoms with Crippen LogP contribution in [0.5, 0.6) is 0 Å². The molecule has 8 fully saturated rings. The number of hydrogen-bond acceptors (Lipinski definition) is 21. The molecule has 0 aromatic rings. The molecule has 0 aromatic carbocycles. The summed E-state index contributed by atoms with van der Waals surface area (Å²) in [5.74, 6) is -0.323. The smallest absolute Gasteiger partial charge is 0.315 e. The van der Waals surface area contributed by atoms with Crippen LogP contribution >= 0.6 is 0 Å². The normalized spacial score (nSPS) is 54.0. The monoisotopic (exact) mass is 1040 g/mol. The van der Waals surface area contributed by atoms with Crippen molar-refractivity contribution in [3.05, 3.63) is 23.8 Å². The van der Waals surface area contributed by atoms with Crippen LogP contribution in [0.2, 0.25) is 0 Å². The maximum Gasteiger partial charge on any atom is 0.315 e. The number of aliphatic hydroxyl groups excluding tert-OH is 12. The molecule has 4 heterocycles. The van der Waals surface area contributed by atoms with E-state index in [0.29, 0.717) is 38.5 Å². The van der Waals surface area contributed by atoms with E-state index in [-0.39, 0.29) is 40.6 Å². The fourth-order valence-corrected chi connectivity index (χ4v) is 15.8. The van der Waals surface area contributed by atoms with Gasteiger partial charge in [0.15, 0.2) is 18.9 Å². The van der Waals surface area contributed by atoms with Gasteiger partial charge in [0.25, 0.3) is 0 Å². The lowest BCUT2D eigenvalue weighted by Crippen LogP contribution is -2.66. The summed E-state index contributed by atoms with van der Waals surface area (Å²) in [6.45, 7) is 15.7. The average Bonchev–Trinajstić information content (AvgIpc) is 3.34. The number of carbonyl (C=O) groups is 1. The molecule has 27 atom stereocenters. The fraction of sp³-hybridized carbons (Fsp3) is 0.904. The van der Waals surface area contributed by atoms with Crippen LogP contribution in [0, 0.1) is 44.8 Å². The summed E-state index contributed by atoms with van der Waals surface area (Å²) in [4.78, 5) is 14.6. The Labute approximate surface area is 426 Å². The van der Waals surface area contributed by atoms with Gasteiger partial charge >= 0.3 is 5.97 Å². The van der Waals surface area contributed by atoms with E-state index in [0.717, 1.165) is 31.3 Å². The quantitative estimate of drug-likeness (QED) is 0.0721. The number of allylic oxidation sites excluding steroid dienone is 3. The zero-order valence-corrected chi connectivity index (χ0v) is 42.8. The molecule has 4 saturated carbocycles. The topological polar surface area (TPSA) is 334 Å². The van der Waals surface area contributed by atoms with Crippen LogP contribution in [0.15, 0.2) is 23.8 Å². The molecule has 9 aliphatic rings. The van der Waals surface area contributed by atoms with Crippen LogP contribution in [-0.4, -0.2) is 210 Å². The molecule has 12 N–H and O–H groups in total. The van der Waals surface area contributed by atoms with Gasteiger partial charge in [0.2, 0.25) is 6.29 Å². The second-order valence-electron chi connectivity index (χ2n) is 24.4. The van der Waals surface area contributed by atoms with Gasteiger partial charge in [-0.1, -0.05) is 58.4 Å². The minimum absolute atomic E-state index is 0.155. The highest BCUT2D eigenvalue weighted by Crippen LogP contribution is 2.75. The van der Waals surface area contributed by atoms with E-state index in [1.54, 1.807) is 0 Å². The Balaban J connectivity index is 0.893. The molecule has 4 aliphatic heterocycles. The van der Waals surface area contributed by atoms with Gasteiger partial charge in [-0.2, -0.15) is 0 Å². The number of hydrogen-bond donors (Lipinski definition) is 12. The fourth-order valence-electron chi connectivity index (χ4n) is 15.8. The number of carbonyl (C=O) groups excluding carboxylic acids is 1. The standard InChI is InChI=1S/C52H82O21/c1-22-10-15-52(47(65)73-45-38(62)36(60)33(57)27(19-53)68-45)17-16-50(6)24(25(52)18-22)8-9-30-49(5)13-12-31(48(3,4)29(49)11-14-51(30,50)7)70-43-39(63)41(26(55)21-66-43)71-46-40(64)42(34(58)28(20-54)69-46)72-44-37(61)35(59)32(56)23(2)67-44/h8,23,25-46,53-64H,1,9-21H2,2-7H3/t23-,25-,26-,27+,28+,29-,30+,31-,32-,33+,34-,35+,36-,37+,38+,39+,40+,41-,42-,43-,44-,45-,46-,49-,50+,51+,52-/m0/s1. The minimum atomic E-state index is -1.84. The van der Waals surface area contributed by atoms with E-state index in [1.807, 2.05) is 0 Å². The van der Waals surface area contributed by atoms with E-state index in [4.69, 9.17) is 37.9 Å². The van der Waals surface area contributed by atoms with Crippen LogP contribution in [-0.2, 0) is 42.7 Å². The third-order valence-electron chi connectivity index (χ3n) is 20.4. The van der Waals surface area contributed by atoms with Crippen molar-refractivity contribution in [1.82, 2.24) is 0 Å². The van der Waals surface area contributed by atoms with Crippen LogP contribution in [0.4, 0.5) is 0 Å². The van der Waals surface area contributed by atoms with Gasteiger partial charge in [-0.3, -0.25) is 4.79 Å². The molecule has 0 aromatic heterocycles. The third kappa shape index (κ3) is 9.02. The van der Waals surface area contributed by atoms with Crippen molar-refractivity contribution >= 4 is 5.97 Å². The van der Waals surface area contributed by atoms with Crippen LogP contribution in [0.25, 0.3) is 0 Å². The Morgan fingerprint density at radius 2 is 1.27 bits per heavy atom. The molecule has 0 unspecified atom stereocenters. The van der Waals surface area contributed by atoms with Crippen LogP contribution in [0.1, 0.15) is 106 Å². The Morgan fingerprint density at radius 1 is 0.658 bits per heavy atom. The molecule has 73 heavy (non-hydrogen) atoms. The van der Waals surface area contributed by atoms with Gasteiger partial charge in [-0.25, -0.2) is 0 Å². The van der Waals surface area contributed by atoms with Gasteiger partial charge in [0.1, 0.15) is 85.5 Å². The second-order valence-corrected chi connectivity index (χ2v) is 24.4. The van der Waals surface area contributed by atoms with Crippen molar-refractivity contribution < 1.29 is 104 Å². The van der Waals surface area contributed by atoms with Crippen LogP contribution in [0.3, 0.4) is 0 Å². The number of fused-ring (bicyclic) bond motifs is 7. The number of ether oxygens (including phenoxy) is 8. The molecule has 9 rings (SSSR count). The Morgan fingerprint density at radius 3 is 1.97 bits per heavy atom. The SMILES string of the molecule is C=C1CC[C@]2(C(=O)O[C@@H]3O[C@H](CO)[C@@H](O)[C@H](O)[C@H]3O)CC[C@]3(C)C(=CC[C@@H]4[C@@]5(C)CC[C@H](O[C@@H]6OC[C@H](O)[C@H](O[C@@H]7O[C@H](CO)[C@H](O)[C@H](O[C@@H]8O[C@@H](C)[C@H](O)[C@@H](O)[C@H]8O)[C@H]7O)[C@H]6O)C(C)(C)[C@@H]5CC[C@]43C)[C@@H]2C1. The summed E-state index contributed by atoms with van der Waals surface area (Å²) in [5.41, 5.74) is 0.276. The first kappa shape index (κ1) is 55.9. The molecular formula is C52H82O21. The van der Waals surface area contributed by atoms with Gasteiger partial charge < -0.3 is 99.2 Å². The van der Waals surface area contributed by atoms with Crippen molar-refractivity contribution in [2.75, 3.05) is 19.8 Å². The van der Waals surface area contributed by atoms with Crippen molar-refractivity contribution in [3.63, 3.8) is 0 Å². The van der Waals surface area contributed by atoms with Crippen molar-refractivity contribution in [2.24, 2.45) is 44.8 Å². The number of esters is 1. The molecule has 0 spiro atoms. The summed E-state index contributed by atoms with van der Waals surface area (Å²) in [5, 5.41) is 128. The molecule has 4 saturated heterocycles. The third-order valence-corrected chi connectivity index (χ3v) is 20.4. The minimum Gasteiger partial charge on any atom is -0.432 e. The molecule has 0 radical (unpaired) electrons. The second kappa shape index (κ2) is 20.4. The Bertz CT molecular complexity index is 2040. The highest BCUT2D eigenvalue weighted by molar-refractivity contribution is 5.79. The molecule has 21 nitrogen and oxygen atoms in total. The number of aliphatic hydroxyl groups is 12. The summed E-state index contributed by atoms with van der Waals surface area (Å²) < 4.78 is 47.3. The zero-order chi connectivity index (χ0) is 53.1. The summed E-state index contributed by atoms with van der Waals surface area (Å²) in [7, 11) is 0. The lowest BCUT2D eigenvalue weighted by atomic mass is 9.34. The van der Waals surface area contributed by atoms with E-state index < -0.39 is 153 Å². The highest BCUT2D eigenvalue weighted by atomic mass is 16.8. The largest absolute Gasteiger partial charge is 0.432 e.